The molecule has 0 saturated carbocycles. The third-order valence-corrected chi connectivity index (χ3v) is 5.26. The van der Waals surface area contributed by atoms with Crippen LogP contribution in [0.25, 0.3) is 0 Å². The normalized spacial score (nSPS) is 29.1. The van der Waals surface area contributed by atoms with Gasteiger partial charge in [0.15, 0.2) is 0 Å². The molecule has 1 aliphatic heterocycles. The van der Waals surface area contributed by atoms with E-state index in [1.54, 1.807) is 11.9 Å². The first-order valence-corrected chi connectivity index (χ1v) is 7.85. The van der Waals surface area contributed by atoms with Crippen LogP contribution in [-0.4, -0.2) is 45.3 Å². The average Bonchev–Trinajstić information content (AvgIpc) is 2.57. The van der Waals surface area contributed by atoms with Crippen molar-refractivity contribution in [2.75, 3.05) is 18.6 Å². The highest BCUT2D eigenvalue weighted by Crippen LogP contribution is 2.18. The highest BCUT2D eigenvalue weighted by atomic mass is 32.2. The van der Waals surface area contributed by atoms with Gasteiger partial charge in [-0.15, -0.1) is 0 Å². The molecule has 1 aliphatic rings. The molecule has 1 fully saturated rings. The lowest BCUT2D eigenvalue weighted by Gasteiger charge is -2.30. The van der Waals surface area contributed by atoms with Crippen LogP contribution < -0.4 is 5.32 Å². The molecular weight excluding hydrogens is 238 g/mol. The molecule has 0 aromatic heterocycles. The van der Waals surface area contributed by atoms with Crippen LogP contribution in [0.15, 0.2) is 0 Å². The number of nitrogens with one attached hydrogen (secondary N) is 2. The van der Waals surface area contributed by atoms with Gasteiger partial charge in [0.05, 0.1) is 5.75 Å². The van der Waals surface area contributed by atoms with Gasteiger partial charge in [0.2, 0.25) is 0 Å². The van der Waals surface area contributed by atoms with Gasteiger partial charge in [-0.05, 0) is 26.7 Å². The van der Waals surface area contributed by atoms with Crippen molar-refractivity contribution < 1.29 is 9.00 Å². The van der Waals surface area contributed by atoms with E-state index >= 15 is 0 Å². The SMILES string of the molecule is CCC(C)(C)NC(=O)N(C)C1CCS(=N)(=O)C1. The van der Waals surface area contributed by atoms with Crippen molar-refractivity contribution in [2.24, 2.45) is 0 Å². The number of amides is 2. The Morgan fingerprint density at radius 2 is 2.18 bits per heavy atom. The van der Waals surface area contributed by atoms with Gasteiger partial charge in [0.25, 0.3) is 0 Å². The summed E-state index contributed by atoms with van der Waals surface area (Å²) >= 11 is 0. The zero-order chi connectivity index (χ0) is 13.3. The van der Waals surface area contributed by atoms with Crippen LogP contribution in [-0.2, 0) is 9.73 Å². The van der Waals surface area contributed by atoms with Gasteiger partial charge in [-0.2, -0.15) is 0 Å². The summed E-state index contributed by atoms with van der Waals surface area (Å²) in [6.45, 7) is 5.97. The average molecular weight is 261 g/mol. The van der Waals surface area contributed by atoms with Crippen molar-refractivity contribution in [1.82, 2.24) is 10.2 Å². The molecule has 2 unspecified atom stereocenters. The quantitative estimate of drug-likeness (QED) is 0.810. The second-order valence-corrected chi connectivity index (χ2v) is 7.77. The van der Waals surface area contributed by atoms with Gasteiger partial charge in [-0.25, -0.2) is 9.00 Å². The van der Waals surface area contributed by atoms with Crippen LogP contribution in [0.5, 0.6) is 0 Å². The van der Waals surface area contributed by atoms with Crippen molar-refractivity contribution in [3.05, 3.63) is 0 Å². The first-order valence-electron chi connectivity index (χ1n) is 5.96. The molecule has 0 aliphatic carbocycles. The van der Waals surface area contributed by atoms with E-state index in [4.69, 9.17) is 4.78 Å². The van der Waals surface area contributed by atoms with E-state index in [-0.39, 0.29) is 17.6 Å². The summed E-state index contributed by atoms with van der Waals surface area (Å²) in [6.07, 6.45) is 1.52. The Kier molecular flexibility index (Phi) is 4.06. The highest BCUT2D eigenvalue weighted by Gasteiger charge is 2.31. The van der Waals surface area contributed by atoms with Crippen molar-refractivity contribution in [3.8, 4) is 0 Å². The largest absolute Gasteiger partial charge is 0.333 e. The van der Waals surface area contributed by atoms with Crippen molar-refractivity contribution >= 4 is 15.8 Å². The Morgan fingerprint density at radius 1 is 1.59 bits per heavy atom. The lowest BCUT2D eigenvalue weighted by molar-refractivity contribution is 0.183. The molecule has 100 valence electrons. The molecule has 5 nitrogen and oxygen atoms in total. The minimum Gasteiger partial charge on any atom is -0.333 e. The summed E-state index contributed by atoms with van der Waals surface area (Å²) in [4.78, 5) is 13.6. The van der Waals surface area contributed by atoms with Crippen LogP contribution in [0.2, 0.25) is 0 Å². The van der Waals surface area contributed by atoms with Crippen LogP contribution in [0.1, 0.15) is 33.6 Å². The molecule has 6 heteroatoms. The standard InChI is InChI=1S/C11H23N3O2S/c1-5-11(2,3)13-10(15)14(4)9-6-7-17(12,16)8-9/h9,12H,5-8H2,1-4H3,(H,13,15). The Bertz CT molecular complexity index is 390. The number of hydrogen-bond acceptors (Lipinski definition) is 3. The second-order valence-electron chi connectivity index (χ2n) is 5.40. The Morgan fingerprint density at radius 3 is 2.59 bits per heavy atom. The highest BCUT2D eigenvalue weighted by molar-refractivity contribution is 7.92. The van der Waals surface area contributed by atoms with Gasteiger partial charge < -0.3 is 10.2 Å². The molecule has 2 atom stereocenters. The van der Waals surface area contributed by atoms with Gasteiger partial charge in [-0.3, -0.25) is 4.78 Å². The maximum absolute atomic E-state index is 12.0. The lowest BCUT2D eigenvalue weighted by atomic mass is 10.0. The summed E-state index contributed by atoms with van der Waals surface area (Å²) in [5.74, 6) is 0.718. The van der Waals surface area contributed by atoms with Crippen LogP contribution in [0.3, 0.4) is 0 Å². The molecule has 1 heterocycles. The molecule has 2 N–H and O–H groups in total. The Balaban J connectivity index is 2.60. The molecule has 1 rings (SSSR count). The van der Waals surface area contributed by atoms with Gasteiger partial charge in [0.1, 0.15) is 0 Å². The van der Waals surface area contributed by atoms with Crippen LogP contribution in [0, 0.1) is 4.78 Å². The van der Waals surface area contributed by atoms with Crippen LogP contribution >= 0.6 is 0 Å². The summed E-state index contributed by atoms with van der Waals surface area (Å²) in [7, 11) is -0.730. The van der Waals surface area contributed by atoms with Gasteiger partial charge >= 0.3 is 6.03 Å². The molecule has 0 aromatic carbocycles. The number of urea groups is 1. The summed E-state index contributed by atoms with van der Waals surface area (Å²) in [5.41, 5.74) is -0.230. The summed E-state index contributed by atoms with van der Waals surface area (Å²) in [6, 6.07) is -0.202. The van der Waals surface area contributed by atoms with E-state index in [2.05, 4.69) is 5.32 Å². The lowest BCUT2D eigenvalue weighted by Crippen LogP contribution is -2.51. The smallest absolute Gasteiger partial charge is 0.317 e. The maximum atomic E-state index is 12.0. The van der Waals surface area contributed by atoms with Crippen LogP contribution in [0.4, 0.5) is 4.79 Å². The molecule has 0 bridgehead atoms. The zero-order valence-corrected chi connectivity index (χ0v) is 11.9. The topological polar surface area (TPSA) is 73.3 Å². The third-order valence-electron chi connectivity index (χ3n) is 3.44. The monoisotopic (exact) mass is 261 g/mol. The van der Waals surface area contributed by atoms with Gasteiger partial charge in [0, 0.05) is 34.1 Å². The molecular formula is C11H23N3O2S. The minimum atomic E-state index is -2.44. The van der Waals surface area contributed by atoms with Crippen molar-refractivity contribution in [1.29, 1.82) is 4.78 Å². The fraction of sp³-hybridized carbons (Fsp3) is 0.909. The number of nitrogens with zero attached hydrogens (tertiary/aromatic N) is 1. The predicted octanol–water partition coefficient (Wildman–Crippen LogP) is 1.64. The van der Waals surface area contributed by atoms with E-state index in [1.165, 1.54) is 0 Å². The number of hydrogen-bond donors (Lipinski definition) is 2. The maximum Gasteiger partial charge on any atom is 0.317 e. The van der Waals surface area contributed by atoms with E-state index in [0.29, 0.717) is 17.9 Å². The summed E-state index contributed by atoms with van der Waals surface area (Å²) < 4.78 is 19.1. The van der Waals surface area contributed by atoms with Gasteiger partial charge in [-0.1, -0.05) is 6.92 Å². The predicted molar refractivity (Wildman–Crippen MR) is 69.7 cm³/mol. The van der Waals surface area contributed by atoms with E-state index in [1.807, 2.05) is 20.8 Å². The third kappa shape index (κ3) is 3.87. The molecule has 1 saturated heterocycles. The van der Waals surface area contributed by atoms with Crippen molar-refractivity contribution in [3.63, 3.8) is 0 Å². The number of carbonyl (C=O) groups is 1. The molecule has 0 radical (unpaired) electrons. The first-order chi connectivity index (χ1) is 7.67. The number of carbonyl (C=O) groups excluding carboxylic acids is 1. The molecule has 17 heavy (non-hydrogen) atoms. The zero-order valence-electron chi connectivity index (χ0n) is 11.1. The molecule has 0 aromatic rings. The fourth-order valence-electron chi connectivity index (χ4n) is 1.74. The first kappa shape index (κ1) is 14.3. The second kappa shape index (κ2) is 4.84. The minimum absolute atomic E-state index is 0.0624. The summed E-state index contributed by atoms with van der Waals surface area (Å²) in [5, 5.41) is 2.94. The van der Waals surface area contributed by atoms with E-state index < -0.39 is 9.73 Å². The van der Waals surface area contributed by atoms with Crippen molar-refractivity contribution in [2.45, 2.75) is 45.2 Å². The van der Waals surface area contributed by atoms with E-state index in [9.17, 15) is 9.00 Å². The Hall–Kier alpha value is -0.780. The fourth-order valence-corrected chi connectivity index (χ4v) is 3.57. The number of rotatable bonds is 3. The molecule has 0 spiro atoms. The molecule has 2 amide bonds. The van der Waals surface area contributed by atoms with E-state index in [0.717, 1.165) is 6.42 Å². The Labute approximate surface area is 104 Å².